The number of nitrogens with zero attached hydrogens (tertiary/aromatic N) is 1. The fraction of sp³-hybridized carbons (Fsp3) is 0.0556. The molecule has 1 aromatic heterocycles. The zero-order chi connectivity index (χ0) is 13.8. The van der Waals surface area contributed by atoms with E-state index in [9.17, 15) is 0 Å². The standard InChI is InChI=1S/C18H14BrN/c19-12-14-3-5-15(6-4-14)16-7-9-17(10-8-16)18-2-1-11-20-13-18/h1-11,13H,12H2. The topological polar surface area (TPSA) is 12.9 Å². The van der Waals surface area contributed by atoms with Crippen molar-refractivity contribution < 1.29 is 0 Å². The number of benzene rings is 2. The number of pyridine rings is 1. The predicted octanol–water partition coefficient (Wildman–Crippen LogP) is 5.31. The minimum atomic E-state index is 0.896. The highest BCUT2D eigenvalue weighted by atomic mass is 79.9. The van der Waals surface area contributed by atoms with Crippen molar-refractivity contribution in [2.24, 2.45) is 0 Å². The summed E-state index contributed by atoms with van der Waals surface area (Å²) in [6.07, 6.45) is 3.68. The van der Waals surface area contributed by atoms with Crippen molar-refractivity contribution in [3.05, 3.63) is 78.6 Å². The molecule has 0 saturated heterocycles. The Morgan fingerprint density at radius 2 is 1.25 bits per heavy atom. The van der Waals surface area contributed by atoms with Gasteiger partial charge in [0.05, 0.1) is 0 Å². The van der Waals surface area contributed by atoms with E-state index in [-0.39, 0.29) is 0 Å². The minimum absolute atomic E-state index is 0.896. The molecule has 2 heteroatoms. The second-order valence-corrected chi connectivity index (χ2v) is 5.21. The van der Waals surface area contributed by atoms with Crippen LogP contribution >= 0.6 is 15.9 Å². The van der Waals surface area contributed by atoms with Crippen LogP contribution in [0.5, 0.6) is 0 Å². The lowest BCUT2D eigenvalue weighted by atomic mass is 10.0. The zero-order valence-electron chi connectivity index (χ0n) is 11.0. The Kier molecular flexibility index (Phi) is 3.93. The molecule has 0 bridgehead atoms. The van der Waals surface area contributed by atoms with Crippen LogP contribution in [0.15, 0.2) is 73.1 Å². The smallest absolute Gasteiger partial charge is 0.0346 e. The van der Waals surface area contributed by atoms with Gasteiger partial charge in [-0.25, -0.2) is 0 Å². The van der Waals surface area contributed by atoms with Gasteiger partial charge in [0.1, 0.15) is 0 Å². The highest BCUT2D eigenvalue weighted by Gasteiger charge is 2.00. The van der Waals surface area contributed by atoms with Crippen LogP contribution in [0.2, 0.25) is 0 Å². The highest BCUT2D eigenvalue weighted by Crippen LogP contribution is 2.24. The summed E-state index contributed by atoms with van der Waals surface area (Å²) in [6, 6.07) is 21.3. The van der Waals surface area contributed by atoms with Crippen molar-refractivity contribution in [1.29, 1.82) is 0 Å². The summed E-state index contributed by atoms with van der Waals surface area (Å²) in [7, 11) is 0. The number of hydrogen-bond acceptors (Lipinski definition) is 1. The van der Waals surface area contributed by atoms with Gasteiger partial charge in [0.15, 0.2) is 0 Å². The molecule has 0 aliphatic rings. The summed E-state index contributed by atoms with van der Waals surface area (Å²) < 4.78 is 0. The van der Waals surface area contributed by atoms with Crippen LogP contribution in [0.4, 0.5) is 0 Å². The maximum absolute atomic E-state index is 4.16. The molecule has 3 rings (SSSR count). The Balaban J connectivity index is 1.89. The molecule has 1 heterocycles. The molecule has 0 aliphatic carbocycles. The molecular weight excluding hydrogens is 310 g/mol. The average Bonchev–Trinajstić information content (AvgIpc) is 2.56. The van der Waals surface area contributed by atoms with Crippen molar-refractivity contribution in [2.45, 2.75) is 5.33 Å². The Morgan fingerprint density at radius 3 is 1.75 bits per heavy atom. The molecule has 0 fully saturated rings. The molecule has 98 valence electrons. The van der Waals surface area contributed by atoms with Crippen molar-refractivity contribution in [2.75, 3.05) is 0 Å². The molecule has 3 aromatic rings. The van der Waals surface area contributed by atoms with Gasteiger partial charge >= 0.3 is 0 Å². The van der Waals surface area contributed by atoms with E-state index in [1.807, 2.05) is 12.3 Å². The average molecular weight is 324 g/mol. The minimum Gasteiger partial charge on any atom is -0.264 e. The van der Waals surface area contributed by atoms with Crippen molar-refractivity contribution in [1.82, 2.24) is 4.98 Å². The lowest BCUT2D eigenvalue weighted by Crippen LogP contribution is -1.82. The molecule has 0 saturated carbocycles. The third kappa shape index (κ3) is 2.81. The van der Waals surface area contributed by atoms with Gasteiger partial charge in [-0.3, -0.25) is 4.98 Å². The van der Waals surface area contributed by atoms with Gasteiger partial charge in [0, 0.05) is 17.7 Å². The maximum atomic E-state index is 4.16. The van der Waals surface area contributed by atoms with Crippen LogP contribution in [0, 0.1) is 0 Å². The van der Waals surface area contributed by atoms with E-state index < -0.39 is 0 Å². The zero-order valence-corrected chi connectivity index (χ0v) is 12.5. The fourth-order valence-electron chi connectivity index (χ4n) is 2.17. The van der Waals surface area contributed by atoms with Crippen LogP contribution in [0.1, 0.15) is 5.56 Å². The lowest BCUT2D eigenvalue weighted by molar-refractivity contribution is 1.33. The van der Waals surface area contributed by atoms with Gasteiger partial charge in [-0.1, -0.05) is 70.5 Å². The number of rotatable bonds is 3. The van der Waals surface area contributed by atoms with Gasteiger partial charge in [-0.15, -0.1) is 0 Å². The lowest BCUT2D eigenvalue weighted by Gasteiger charge is -2.05. The van der Waals surface area contributed by atoms with Crippen LogP contribution < -0.4 is 0 Å². The molecule has 2 aromatic carbocycles. The van der Waals surface area contributed by atoms with E-state index in [2.05, 4.69) is 75.5 Å². The summed E-state index contributed by atoms with van der Waals surface area (Å²) in [5, 5.41) is 0.896. The molecule has 20 heavy (non-hydrogen) atoms. The van der Waals surface area contributed by atoms with E-state index in [0.717, 1.165) is 10.9 Å². The van der Waals surface area contributed by atoms with E-state index in [1.165, 1.54) is 22.3 Å². The first-order valence-corrected chi connectivity index (χ1v) is 7.65. The van der Waals surface area contributed by atoms with Gasteiger partial charge in [-0.05, 0) is 33.9 Å². The Hall–Kier alpha value is -1.93. The highest BCUT2D eigenvalue weighted by molar-refractivity contribution is 9.08. The summed E-state index contributed by atoms with van der Waals surface area (Å²) in [5.74, 6) is 0. The number of aromatic nitrogens is 1. The molecule has 0 spiro atoms. The first kappa shape index (κ1) is 13.1. The summed E-state index contributed by atoms with van der Waals surface area (Å²) in [6.45, 7) is 0. The van der Waals surface area contributed by atoms with E-state index in [0.29, 0.717) is 0 Å². The Labute approximate surface area is 127 Å². The number of alkyl halides is 1. The second-order valence-electron chi connectivity index (χ2n) is 4.65. The van der Waals surface area contributed by atoms with Crippen LogP contribution in [0.25, 0.3) is 22.3 Å². The molecular formula is C18H14BrN. The molecule has 0 amide bonds. The quantitative estimate of drug-likeness (QED) is 0.595. The van der Waals surface area contributed by atoms with Crippen molar-refractivity contribution in [3.8, 4) is 22.3 Å². The van der Waals surface area contributed by atoms with Crippen LogP contribution in [0.3, 0.4) is 0 Å². The fourth-order valence-corrected chi connectivity index (χ4v) is 2.55. The van der Waals surface area contributed by atoms with E-state index >= 15 is 0 Å². The Bertz CT molecular complexity index is 673. The van der Waals surface area contributed by atoms with Crippen molar-refractivity contribution >= 4 is 15.9 Å². The third-order valence-electron chi connectivity index (χ3n) is 3.32. The molecule has 0 aliphatic heterocycles. The third-order valence-corrected chi connectivity index (χ3v) is 3.97. The van der Waals surface area contributed by atoms with Gasteiger partial charge < -0.3 is 0 Å². The van der Waals surface area contributed by atoms with Gasteiger partial charge in [0.25, 0.3) is 0 Å². The normalized spacial score (nSPS) is 10.4. The molecule has 0 atom stereocenters. The predicted molar refractivity (Wildman–Crippen MR) is 87.7 cm³/mol. The maximum Gasteiger partial charge on any atom is 0.0346 e. The second kappa shape index (κ2) is 6.02. The monoisotopic (exact) mass is 323 g/mol. The first-order valence-electron chi connectivity index (χ1n) is 6.52. The molecule has 1 nitrogen and oxygen atoms in total. The summed E-state index contributed by atoms with van der Waals surface area (Å²) in [4.78, 5) is 4.16. The van der Waals surface area contributed by atoms with Gasteiger partial charge in [0.2, 0.25) is 0 Å². The molecule has 0 N–H and O–H groups in total. The van der Waals surface area contributed by atoms with Crippen LogP contribution in [-0.2, 0) is 5.33 Å². The van der Waals surface area contributed by atoms with E-state index in [4.69, 9.17) is 0 Å². The first-order chi connectivity index (χ1) is 9.86. The van der Waals surface area contributed by atoms with Gasteiger partial charge in [-0.2, -0.15) is 0 Å². The Morgan fingerprint density at radius 1 is 0.700 bits per heavy atom. The largest absolute Gasteiger partial charge is 0.264 e. The summed E-state index contributed by atoms with van der Waals surface area (Å²) in [5.41, 5.74) is 6.11. The molecule has 0 unspecified atom stereocenters. The van der Waals surface area contributed by atoms with Crippen LogP contribution in [-0.4, -0.2) is 4.98 Å². The molecule has 0 radical (unpaired) electrons. The van der Waals surface area contributed by atoms with Crippen molar-refractivity contribution in [3.63, 3.8) is 0 Å². The SMILES string of the molecule is BrCc1ccc(-c2ccc(-c3cccnc3)cc2)cc1. The van der Waals surface area contributed by atoms with E-state index in [1.54, 1.807) is 6.20 Å². The summed E-state index contributed by atoms with van der Waals surface area (Å²) >= 11 is 3.47. The number of hydrogen-bond donors (Lipinski definition) is 0. The number of halogens is 1.